The Labute approximate surface area is 107 Å². The Kier molecular flexibility index (Phi) is 5.09. The number of benzene rings is 1. The van der Waals surface area contributed by atoms with Crippen molar-refractivity contribution in [3.05, 3.63) is 24.3 Å². The van der Waals surface area contributed by atoms with E-state index in [1.807, 2.05) is 6.92 Å². The third kappa shape index (κ3) is 3.95. The van der Waals surface area contributed by atoms with Crippen LogP contribution in [-0.4, -0.2) is 35.0 Å². The fourth-order valence-corrected chi connectivity index (χ4v) is 2.16. The highest BCUT2D eigenvalue weighted by Gasteiger charge is 2.16. The number of rotatable bonds is 6. The first-order chi connectivity index (χ1) is 8.38. The molecule has 0 aliphatic heterocycles. The van der Waals surface area contributed by atoms with Gasteiger partial charge in [0.2, 0.25) is 10.0 Å². The minimum atomic E-state index is -3.69. The summed E-state index contributed by atoms with van der Waals surface area (Å²) in [6.45, 7) is 1.86. The van der Waals surface area contributed by atoms with Crippen molar-refractivity contribution in [2.45, 2.75) is 24.2 Å². The van der Waals surface area contributed by atoms with Gasteiger partial charge in [-0.05, 0) is 25.1 Å². The van der Waals surface area contributed by atoms with E-state index in [0.717, 1.165) is 0 Å². The zero-order valence-electron chi connectivity index (χ0n) is 10.6. The van der Waals surface area contributed by atoms with E-state index in [0.29, 0.717) is 5.69 Å². The molecule has 0 aliphatic carbocycles. The lowest BCUT2D eigenvalue weighted by atomic mass is 10.2. The van der Waals surface area contributed by atoms with Crippen molar-refractivity contribution in [3.8, 4) is 0 Å². The number of nitrogens with one attached hydrogen (secondary N) is 1. The number of hydrogen-bond donors (Lipinski definition) is 2. The van der Waals surface area contributed by atoms with E-state index < -0.39 is 16.3 Å². The molecule has 1 atom stereocenters. The van der Waals surface area contributed by atoms with Crippen LogP contribution in [0, 0.1) is 0 Å². The molecule has 102 valence electrons. The molecule has 0 aliphatic rings. The topological polar surface area (TPSA) is 90.7 Å². The molecule has 0 saturated heterocycles. The number of anilines is 1. The molecule has 1 rings (SSSR count). The molecule has 6 nitrogen and oxygen atoms in total. The maximum absolute atomic E-state index is 11.2. The van der Waals surface area contributed by atoms with Gasteiger partial charge < -0.3 is 14.8 Å². The lowest BCUT2D eigenvalue weighted by Crippen LogP contribution is -2.33. The third-order valence-corrected chi connectivity index (χ3v) is 3.34. The number of nitrogens with two attached hydrogens (primary N) is 1. The van der Waals surface area contributed by atoms with Crippen molar-refractivity contribution in [1.82, 2.24) is 0 Å². The summed E-state index contributed by atoms with van der Waals surface area (Å²) in [5.41, 5.74) is 0.633. The van der Waals surface area contributed by atoms with Gasteiger partial charge in [0.05, 0.1) is 10.9 Å². The summed E-state index contributed by atoms with van der Waals surface area (Å²) in [6, 6.07) is 6.12. The Morgan fingerprint density at radius 3 is 2.39 bits per heavy atom. The summed E-state index contributed by atoms with van der Waals surface area (Å²) in [6.07, 6.45) is -0.428. The SMILES string of the molecule is COC(OC)C(C)Nc1cccc(S(N)(=O)=O)c1. The van der Waals surface area contributed by atoms with Gasteiger partial charge in [0.1, 0.15) is 0 Å². The fraction of sp³-hybridized carbons (Fsp3) is 0.455. The molecule has 0 saturated carbocycles. The van der Waals surface area contributed by atoms with Crippen LogP contribution in [0.2, 0.25) is 0 Å². The van der Waals surface area contributed by atoms with Crippen LogP contribution in [0.3, 0.4) is 0 Å². The quantitative estimate of drug-likeness (QED) is 0.747. The van der Waals surface area contributed by atoms with Crippen LogP contribution in [0.15, 0.2) is 29.2 Å². The second-order valence-electron chi connectivity index (χ2n) is 3.85. The molecule has 0 amide bonds. The van der Waals surface area contributed by atoms with Gasteiger partial charge in [-0.25, -0.2) is 13.6 Å². The summed E-state index contributed by atoms with van der Waals surface area (Å²) in [4.78, 5) is 0.0612. The Hall–Kier alpha value is -1.15. The Balaban J connectivity index is 2.86. The van der Waals surface area contributed by atoms with Gasteiger partial charge in [0.25, 0.3) is 0 Å². The molecule has 1 unspecified atom stereocenters. The summed E-state index contributed by atoms with van der Waals surface area (Å²) in [5, 5.41) is 8.15. The molecule has 0 spiro atoms. The van der Waals surface area contributed by atoms with Crippen LogP contribution in [0.4, 0.5) is 5.69 Å². The van der Waals surface area contributed by atoms with Crippen LogP contribution in [-0.2, 0) is 19.5 Å². The minimum absolute atomic E-state index is 0.0612. The smallest absolute Gasteiger partial charge is 0.238 e. The lowest BCUT2D eigenvalue weighted by Gasteiger charge is -2.23. The fourth-order valence-electron chi connectivity index (χ4n) is 1.60. The lowest BCUT2D eigenvalue weighted by molar-refractivity contribution is -0.109. The number of sulfonamides is 1. The van der Waals surface area contributed by atoms with Crippen molar-refractivity contribution in [1.29, 1.82) is 0 Å². The second-order valence-corrected chi connectivity index (χ2v) is 5.41. The Morgan fingerprint density at radius 2 is 1.89 bits per heavy atom. The molecular weight excluding hydrogens is 256 g/mol. The van der Waals surface area contributed by atoms with E-state index in [9.17, 15) is 8.42 Å². The summed E-state index contributed by atoms with van der Waals surface area (Å²) in [5.74, 6) is 0. The maximum atomic E-state index is 11.2. The van der Waals surface area contributed by atoms with Crippen LogP contribution in [0.1, 0.15) is 6.92 Å². The van der Waals surface area contributed by atoms with E-state index >= 15 is 0 Å². The molecule has 1 aromatic carbocycles. The van der Waals surface area contributed by atoms with Crippen LogP contribution in [0.25, 0.3) is 0 Å². The van der Waals surface area contributed by atoms with E-state index in [4.69, 9.17) is 14.6 Å². The van der Waals surface area contributed by atoms with Crippen molar-refractivity contribution >= 4 is 15.7 Å². The highest BCUT2D eigenvalue weighted by Crippen LogP contribution is 2.16. The number of ether oxygens (including phenoxy) is 2. The predicted molar refractivity (Wildman–Crippen MR) is 68.7 cm³/mol. The molecule has 0 bridgehead atoms. The van der Waals surface area contributed by atoms with Crippen molar-refractivity contribution < 1.29 is 17.9 Å². The molecule has 3 N–H and O–H groups in total. The molecule has 7 heteroatoms. The molecule has 18 heavy (non-hydrogen) atoms. The van der Waals surface area contributed by atoms with Gasteiger partial charge in [-0.15, -0.1) is 0 Å². The monoisotopic (exact) mass is 274 g/mol. The molecule has 1 aromatic rings. The standard InChI is InChI=1S/C11H18N2O4S/c1-8(11(16-2)17-3)13-9-5-4-6-10(7-9)18(12,14)15/h4-8,11,13H,1-3H3,(H2,12,14,15). The Morgan fingerprint density at radius 1 is 1.28 bits per heavy atom. The average Bonchev–Trinajstić information content (AvgIpc) is 2.29. The first kappa shape index (κ1) is 14.9. The largest absolute Gasteiger partial charge is 0.377 e. The third-order valence-electron chi connectivity index (χ3n) is 2.43. The van der Waals surface area contributed by atoms with Gasteiger partial charge >= 0.3 is 0 Å². The summed E-state index contributed by atoms with van der Waals surface area (Å²) in [7, 11) is -0.625. The van der Waals surface area contributed by atoms with Crippen molar-refractivity contribution in [3.63, 3.8) is 0 Å². The molecular formula is C11H18N2O4S. The first-order valence-electron chi connectivity index (χ1n) is 5.33. The number of methoxy groups -OCH3 is 2. The highest BCUT2D eigenvalue weighted by atomic mass is 32.2. The maximum Gasteiger partial charge on any atom is 0.238 e. The first-order valence-corrected chi connectivity index (χ1v) is 6.88. The highest BCUT2D eigenvalue weighted by molar-refractivity contribution is 7.89. The zero-order chi connectivity index (χ0) is 13.8. The van der Waals surface area contributed by atoms with Crippen LogP contribution < -0.4 is 10.5 Å². The van der Waals surface area contributed by atoms with Crippen molar-refractivity contribution in [2.24, 2.45) is 5.14 Å². The summed E-state index contributed by atoms with van der Waals surface area (Å²) >= 11 is 0. The van der Waals surface area contributed by atoms with E-state index in [1.54, 1.807) is 12.1 Å². The molecule has 0 heterocycles. The second kappa shape index (κ2) is 6.14. The van der Waals surface area contributed by atoms with E-state index in [-0.39, 0.29) is 10.9 Å². The van der Waals surface area contributed by atoms with Gasteiger partial charge in [0.15, 0.2) is 6.29 Å². The van der Waals surface area contributed by atoms with Gasteiger partial charge in [-0.2, -0.15) is 0 Å². The van der Waals surface area contributed by atoms with Gasteiger partial charge in [0, 0.05) is 19.9 Å². The molecule has 0 radical (unpaired) electrons. The normalized spacial score (nSPS) is 13.6. The van der Waals surface area contributed by atoms with Gasteiger partial charge in [-0.3, -0.25) is 0 Å². The number of hydrogen-bond acceptors (Lipinski definition) is 5. The molecule has 0 fully saturated rings. The predicted octanol–water partition coefficient (Wildman–Crippen LogP) is 0.753. The van der Waals surface area contributed by atoms with E-state index in [2.05, 4.69) is 5.32 Å². The average molecular weight is 274 g/mol. The zero-order valence-corrected chi connectivity index (χ0v) is 11.4. The van der Waals surface area contributed by atoms with E-state index in [1.165, 1.54) is 26.4 Å². The Bertz CT molecular complexity index is 486. The summed E-state index contributed by atoms with van der Waals surface area (Å²) < 4.78 is 32.6. The minimum Gasteiger partial charge on any atom is -0.377 e. The van der Waals surface area contributed by atoms with Gasteiger partial charge in [-0.1, -0.05) is 6.07 Å². The molecule has 0 aromatic heterocycles. The number of primary sulfonamides is 1. The van der Waals surface area contributed by atoms with Crippen molar-refractivity contribution in [2.75, 3.05) is 19.5 Å². The van der Waals surface area contributed by atoms with Crippen LogP contribution in [0.5, 0.6) is 0 Å². The van der Waals surface area contributed by atoms with Crippen LogP contribution >= 0.6 is 0 Å².